The molecule has 1 aromatic carbocycles. The molecule has 1 fully saturated rings. The molecule has 0 radical (unpaired) electrons. The first-order chi connectivity index (χ1) is 8.11. The van der Waals surface area contributed by atoms with Gasteiger partial charge in [0.15, 0.2) is 0 Å². The summed E-state index contributed by atoms with van der Waals surface area (Å²) in [5.41, 5.74) is 0.00319. The van der Waals surface area contributed by atoms with E-state index in [1.165, 1.54) is 6.07 Å². The molecule has 0 aliphatic carbocycles. The van der Waals surface area contributed by atoms with Crippen molar-refractivity contribution >= 4 is 11.4 Å². The minimum Gasteiger partial charge on any atom is -0.363 e. The van der Waals surface area contributed by atoms with Crippen molar-refractivity contribution in [2.24, 2.45) is 0 Å². The number of halogens is 1. The number of anilines is 1. The molecule has 0 saturated carbocycles. The predicted molar refractivity (Wildman–Crippen MR) is 63.7 cm³/mol. The Morgan fingerprint density at radius 1 is 1.47 bits per heavy atom. The number of hydrogen-bond acceptors (Lipinski definition) is 3. The van der Waals surface area contributed by atoms with E-state index in [1.54, 1.807) is 6.07 Å². The van der Waals surface area contributed by atoms with Crippen molar-refractivity contribution in [2.75, 3.05) is 11.4 Å². The lowest BCUT2D eigenvalue weighted by molar-refractivity contribution is -0.386. The molecule has 0 N–H and O–H groups in total. The zero-order valence-electron chi connectivity index (χ0n) is 9.73. The molecule has 1 aliphatic heterocycles. The molecule has 1 saturated heterocycles. The smallest absolute Gasteiger partial charge is 0.327 e. The summed E-state index contributed by atoms with van der Waals surface area (Å²) in [5, 5.41) is 10.9. The second-order valence-electron chi connectivity index (χ2n) is 4.40. The van der Waals surface area contributed by atoms with E-state index in [0.29, 0.717) is 5.69 Å². The number of nitro groups is 1. The topological polar surface area (TPSA) is 46.4 Å². The van der Waals surface area contributed by atoms with Crippen LogP contribution in [0.3, 0.4) is 0 Å². The minimum atomic E-state index is -0.759. The summed E-state index contributed by atoms with van der Waals surface area (Å²) < 4.78 is 13.5. The standard InChI is InChI=1S/C12H15FN2O2/c1-9-5-2-3-8-14(9)11-7-4-6-10(13)12(11)15(16)17/h4,6-7,9H,2-3,5,8H2,1H3. The average Bonchev–Trinajstić information content (AvgIpc) is 2.28. The first-order valence-corrected chi connectivity index (χ1v) is 5.81. The minimum absolute atomic E-state index is 0.226. The van der Waals surface area contributed by atoms with Crippen LogP contribution < -0.4 is 4.90 Å². The SMILES string of the molecule is CC1CCCCN1c1cccc(F)c1[N+](=O)[O-]. The third-order valence-electron chi connectivity index (χ3n) is 3.26. The van der Waals surface area contributed by atoms with Crippen LogP contribution in [0.1, 0.15) is 26.2 Å². The molecule has 0 aromatic heterocycles. The molecule has 5 heteroatoms. The van der Waals surface area contributed by atoms with E-state index in [4.69, 9.17) is 0 Å². The molecule has 17 heavy (non-hydrogen) atoms. The highest BCUT2D eigenvalue weighted by Crippen LogP contribution is 2.34. The summed E-state index contributed by atoms with van der Waals surface area (Å²) in [5.74, 6) is -0.759. The molecule has 1 unspecified atom stereocenters. The first-order valence-electron chi connectivity index (χ1n) is 5.81. The van der Waals surface area contributed by atoms with Crippen LogP contribution in [0.15, 0.2) is 18.2 Å². The Morgan fingerprint density at radius 2 is 2.24 bits per heavy atom. The van der Waals surface area contributed by atoms with Crippen LogP contribution in [0.2, 0.25) is 0 Å². The van der Waals surface area contributed by atoms with E-state index >= 15 is 0 Å². The maximum absolute atomic E-state index is 13.5. The summed E-state index contributed by atoms with van der Waals surface area (Å²) in [4.78, 5) is 12.2. The normalized spacial score (nSPS) is 20.4. The maximum atomic E-state index is 13.5. The number of piperidine rings is 1. The van der Waals surface area contributed by atoms with Crippen LogP contribution in [0.4, 0.5) is 15.8 Å². The van der Waals surface area contributed by atoms with E-state index in [-0.39, 0.29) is 6.04 Å². The number of nitro benzene ring substituents is 1. The number of nitrogens with zero attached hydrogens (tertiary/aromatic N) is 2. The van der Waals surface area contributed by atoms with Gasteiger partial charge in [-0.1, -0.05) is 6.07 Å². The van der Waals surface area contributed by atoms with Crippen LogP contribution in [0.5, 0.6) is 0 Å². The molecule has 1 aromatic rings. The fraction of sp³-hybridized carbons (Fsp3) is 0.500. The van der Waals surface area contributed by atoms with Gasteiger partial charge in [-0.25, -0.2) is 0 Å². The van der Waals surface area contributed by atoms with Crippen LogP contribution in [0.25, 0.3) is 0 Å². The number of rotatable bonds is 2. The van der Waals surface area contributed by atoms with E-state index < -0.39 is 16.4 Å². The van der Waals surface area contributed by atoms with Crippen molar-refractivity contribution in [3.05, 3.63) is 34.1 Å². The van der Waals surface area contributed by atoms with Crippen molar-refractivity contribution in [3.8, 4) is 0 Å². The Morgan fingerprint density at radius 3 is 2.88 bits per heavy atom. The van der Waals surface area contributed by atoms with Crippen molar-refractivity contribution in [3.63, 3.8) is 0 Å². The fourth-order valence-electron chi connectivity index (χ4n) is 2.37. The number of benzene rings is 1. The van der Waals surface area contributed by atoms with E-state index in [2.05, 4.69) is 0 Å². The molecule has 1 heterocycles. The zero-order chi connectivity index (χ0) is 12.4. The van der Waals surface area contributed by atoms with Gasteiger partial charge in [0.25, 0.3) is 0 Å². The van der Waals surface area contributed by atoms with Gasteiger partial charge >= 0.3 is 5.69 Å². The van der Waals surface area contributed by atoms with Gasteiger partial charge in [0, 0.05) is 12.6 Å². The number of hydrogen-bond donors (Lipinski definition) is 0. The molecule has 0 spiro atoms. The highest BCUT2D eigenvalue weighted by atomic mass is 19.1. The summed E-state index contributed by atoms with van der Waals surface area (Å²) in [7, 11) is 0. The maximum Gasteiger partial charge on any atom is 0.327 e. The van der Waals surface area contributed by atoms with Crippen LogP contribution in [-0.2, 0) is 0 Å². The molecule has 92 valence electrons. The van der Waals surface area contributed by atoms with Gasteiger partial charge in [0.1, 0.15) is 5.69 Å². The van der Waals surface area contributed by atoms with Crippen LogP contribution in [-0.4, -0.2) is 17.5 Å². The summed E-state index contributed by atoms with van der Waals surface area (Å²) in [6.45, 7) is 2.78. The van der Waals surface area contributed by atoms with Gasteiger partial charge in [-0.2, -0.15) is 4.39 Å². The van der Waals surface area contributed by atoms with E-state index in [0.717, 1.165) is 31.9 Å². The van der Waals surface area contributed by atoms with E-state index in [9.17, 15) is 14.5 Å². The lowest BCUT2D eigenvalue weighted by Crippen LogP contribution is -2.37. The third kappa shape index (κ3) is 2.23. The molecular formula is C12H15FN2O2. The molecular weight excluding hydrogens is 223 g/mol. The number of para-hydroxylation sites is 1. The Kier molecular flexibility index (Phi) is 3.26. The largest absolute Gasteiger partial charge is 0.363 e. The highest BCUT2D eigenvalue weighted by molar-refractivity contribution is 5.64. The Balaban J connectivity index is 2.43. The molecule has 1 aliphatic rings. The van der Waals surface area contributed by atoms with Crippen molar-refractivity contribution in [1.29, 1.82) is 0 Å². The first kappa shape index (κ1) is 11.8. The lowest BCUT2D eigenvalue weighted by atomic mass is 10.0. The monoisotopic (exact) mass is 238 g/mol. The second kappa shape index (κ2) is 4.69. The second-order valence-corrected chi connectivity index (χ2v) is 4.40. The third-order valence-corrected chi connectivity index (χ3v) is 3.26. The average molecular weight is 238 g/mol. The summed E-state index contributed by atoms with van der Waals surface area (Å²) >= 11 is 0. The Labute approximate surface area is 99.2 Å². The van der Waals surface area contributed by atoms with Gasteiger partial charge in [-0.15, -0.1) is 0 Å². The van der Waals surface area contributed by atoms with Gasteiger partial charge in [-0.3, -0.25) is 10.1 Å². The van der Waals surface area contributed by atoms with Gasteiger partial charge < -0.3 is 4.90 Å². The summed E-state index contributed by atoms with van der Waals surface area (Å²) in [6, 6.07) is 4.52. The van der Waals surface area contributed by atoms with E-state index in [1.807, 2.05) is 11.8 Å². The predicted octanol–water partition coefficient (Wildman–Crippen LogP) is 3.11. The van der Waals surface area contributed by atoms with Crippen LogP contribution in [0, 0.1) is 15.9 Å². The van der Waals surface area contributed by atoms with Gasteiger partial charge in [-0.05, 0) is 38.3 Å². The molecule has 4 nitrogen and oxygen atoms in total. The summed E-state index contributed by atoms with van der Waals surface area (Å²) in [6.07, 6.45) is 3.12. The highest BCUT2D eigenvalue weighted by Gasteiger charge is 2.28. The molecule has 0 bridgehead atoms. The lowest BCUT2D eigenvalue weighted by Gasteiger charge is -2.34. The van der Waals surface area contributed by atoms with Crippen molar-refractivity contribution in [1.82, 2.24) is 0 Å². The Bertz CT molecular complexity index is 437. The van der Waals surface area contributed by atoms with Crippen molar-refractivity contribution < 1.29 is 9.31 Å². The van der Waals surface area contributed by atoms with Gasteiger partial charge in [0.2, 0.25) is 5.82 Å². The van der Waals surface area contributed by atoms with Crippen LogP contribution >= 0.6 is 0 Å². The quantitative estimate of drug-likeness (QED) is 0.587. The zero-order valence-corrected chi connectivity index (χ0v) is 9.73. The van der Waals surface area contributed by atoms with Gasteiger partial charge in [0.05, 0.1) is 4.92 Å². The fourth-order valence-corrected chi connectivity index (χ4v) is 2.37. The molecule has 2 rings (SSSR count). The Hall–Kier alpha value is -1.65. The molecule has 1 atom stereocenters. The molecule has 0 amide bonds. The van der Waals surface area contributed by atoms with Crippen molar-refractivity contribution in [2.45, 2.75) is 32.2 Å².